The Labute approximate surface area is 125 Å². The van der Waals surface area contributed by atoms with Crippen molar-refractivity contribution in [3.63, 3.8) is 0 Å². The normalized spacial score (nSPS) is 9.50. The largest absolute Gasteiger partial charge is 0.468 e. The van der Waals surface area contributed by atoms with E-state index < -0.39 is 11.9 Å². The summed E-state index contributed by atoms with van der Waals surface area (Å²) < 4.78 is 9.77. The number of nitrogens with zero attached hydrogens (tertiary/aromatic N) is 2. The van der Waals surface area contributed by atoms with Gasteiger partial charge in [0.15, 0.2) is 0 Å². The van der Waals surface area contributed by atoms with Crippen molar-refractivity contribution < 1.29 is 19.1 Å². The first kappa shape index (κ1) is 16.0. The van der Waals surface area contributed by atoms with Crippen molar-refractivity contribution in [1.82, 2.24) is 0 Å². The number of halogens is 1. The van der Waals surface area contributed by atoms with Crippen molar-refractivity contribution in [1.29, 1.82) is 5.26 Å². The molecular weight excluding hydrogens is 328 g/mol. The molecule has 0 amide bonds. The molecule has 0 fully saturated rings. The highest BCUT2D eigenvalue weighted by Crippen LogP contribution is 2.23. The van der Waals surface area contributed by atoms with Crippen LogP contribution in [0.1, 0.15) is 5.56 Å². The minimum atomic E-state index is -0.477. The Morgan fingerprint density at radius 2 is 1.80 bits per heavy atom. The van der Waals surface area contributed by atoms with Crippen LogP contribution < -0.4 is 4.90 Å². The van der Waals surface area contributed by atoms with Crippen molar-refractivity contribution in [3.05, 3.63) is 28.2 Å². The van der Waals surface area contributed by atoms with E-state index in [-0.39, 0.29) is 13.1 Å². The van der Waals surface area contributed by atoms with Crippen molar-refractivity contribution in [2.75, 3.05) is 32.2 Å². The number of ether oxygens (including phenoxy) is 2. The van der Waals surface area contributed by atoms with Crippen LogP contribution in [0.2, 0.25) is 0 Å². The van der Waals surface area contributed by atoms with E-state index in [1.54, 1.807) is 18.2 Å². The molecule has 0 heterocycles. The van der Waals surface area contributed by atoms with Gasteiger partial charge in [-0.25, -0.2) is 0 Å². The van der Waals surface area contributed by atoms with Crippen molar-refractivity contribution in [3.8, 4) is 6.07 Å². The van der Waals surface area contributed by atoms with Gasteiger partial charge in [0.05, 0.1) is 19.8 Å². The third-order valence-electron chi connectivity index (χ3n) is 2.53. The third kappa shape index (κ3) is 4.24. The van der Waals surface area contributed by atoms with Crippen LogP contribution in [-0.2, 0) is 19.1 Å². The molecule has 6 nitrogen and oxygen atoms in total. The Morgan fingerprint density at radius 1 is 1.25 bits per heavy atom. The molecule has 0 aromatic heterocycles. The molecule has 1 aromatic carbocycles. The zero-order valence-electron chi connectivity index (χ0n) is 11.1. The molecule has 0 atom stereocenters. The highest BCUT2D eigenvalue weighted by molar-refractivity contribution is 9.10. The summed E-state index contributed by atoms with van der Waals surface area (Å²) in [5, 5.41) is 8.87. The van der Waals surface area contributed by atoms with Crippen LogP contribution >= 0.6 is 15.9 Å². The molecule has 0 unspecified atom stereocenters. The smallest absolute Gasteiger partial charge is 0.325 e. The van der Waals surface area contributed by atoms with E-state index in [0.717, 1.165) is 0 Å². The van der Waals surface area contributed by atoms with Gasteiger partial charge in [-0.1, -0.05) is 0 Å². The molecule has 0 bridgehead atoms. The fourth-order valence-corrected chi connectivity index (χ4v) is 1.93. The Hall–Kier alpha value is -2.07. The minimum Gasteiger partial charge on any atom is -0.468 e. The van der Waals surface area contributed by atoms with Gasteiger partial charge in [-0.2, -0.15) is 5.26 Å². The SMILES string of the molecule is COC(=O)CN(CC(=O)OC)c1ccc(C#N)c(Br)c1. The van der Waals surface area contributed by atoms with Gasteiger partial charge in [0.25, 0.3) is 0 Å². The number of benzene rings is 1. The molecule has 0 aliphatic rings. The Balaban J connectivity index is 3.03. The first-order chi connectivity index (χ1) is 9.51. The van der Waals surface area contributed by atoms with Crippen LogP contribution in [-0.4, -0.2) is 39.2 Å². The topological polar surface area (TPSA) is 79.6 Å². The van der Waals surface area contributed by atoms with Crippen LogP contribution in [0.15, 0.2) is 22.7 Å². The Bertz CT molecular complexity index is 536. The van der Waals surface area contributed by atoms with Gasteiger partial charge in [0.1, 0.15) is 19.2 Å². The van der Waals surface area contributed by atoms with Crippen molar-refractivity contribution in [2.24, 2.45) is 0 Å². The van der Waals surface area contributed by atoms with Gasteiger partial charge in [-0.3, -0.25) is 9.59 Å². The molecule has 106 valence electrons. The van der Waals surface area contributed by atoms with Crippen LogP contribution in [0.4, 0.5) is 5.69 Å². The summed E-state index contributed by atoms with van der Waals surface area (Å²) in [5.41, 5.74) is 1.07. The van der Waals surface area contributed by atoms with E-state index in [2.05, 4.69) is 25.4 Å². The summed E-state index contributed by atoms with van der Waals surface area (Å²) in [6.07, 6.45) is 0. The number of nitriles is 1. The summed E-state index contributed by atoms with van der Waals surface area (Å²) >= 11 is 3.26. The lowest BCUT2D eigenvalue weighted by molar-refractivity contribution is -0.140. The molecule has 7 heteroatoms. The van der Waals surface area contributed by atoms with Crippen molar-refractivity contribution in [2.45, 2.75) is 0 Å². The fraction of sp³-hybridized carbons (Fsp3) is 0.308. The van der Waals surface area contributed by atoms with Gasteiger partial charge < -0.3 is 14.4 Å². The van der Waals surface area contributed by atoms with Crippen LogP contribution in [0.5, 0.6) is 0 Å². The van der Waals surface area contributed by atoms with Gasteiger partial charge in [-0.15, -0.1) is 0 Å². The van der Waals surface area contributed by atoms with Gasteiger partial charge >= 0.3 is 11.9 Å². The van der Waals surface area contributed by atoms with E-state index in [9.17, 15) is 9.59 Å². The molecule has 1 rings (SSSR count). The van der Waals surface area contributed by atoms with E-state index in [0.29, 0.717) is 15.7 Å². The van der Waals surface area contributed by atoms with Crippen molar-refractivity contribution >= 4 is 33.6 Å². The first-order valence-electron chi connectivity index (χ1n) is 5.60. The molecule has 0 aliphatic carbocycles. The molecule has 0 N–H and O–H groups in total. The lowest BCUT2D eigenvalue weighted by Crippen LogP contribution is -2.35. The number of carbonyl (C=O) groups is 2. The summed E-state index contributed by atoms with van der Waals surface area (Å²) in [6.45, 7) is -0.187. The summed E-state index contributed by atoms with van der Waals surface area (Å²) in [4.78, 5) is 24.3. The second kappa shape index (κ2) is 7.50. The van der Waals surface area contributed by atoms with Crippen LogP contribution in [0, 0.1) is 11.3 Å². The molecule has 0 saturated heterocycles. The van der Waals surface area contributed by atoms with Crippen LogP contribution in [0.25, 0.3) is 0 Å². The molecule has 0 radical (unpaired) electrons. The molecule has 20 heavy (non-hydrogen) atoms. The maximum atomic E-state index is 11.4. The zero-order chi connectivity index (χ0) is 15.1. The molecule has 0 saturated carbocycles. The quantitative estimate of drug-likeness (QED) is 0.755. The first-order valence-corrected chi connectivity index (χ1v) is 6.39. The van der Waals surface area contributed by atoms with E-state index in [4.69, 9.17) is 5.26 Å². The van der Waals surface area contributed by atoms with E-state index in [1.807, 2.05) is 6.07 Å². The molecule has 0 aliphatic heterocycles. The number of methoxy groups -OCH3 is 2. The zero-order valence-corrected chi connectivity index (χ0v) is 12.6. The van der Waals surface area contributed by atoms with E-state index in [1.165, 1.54) is 19.1 Å². The number of esters is 2. The standard InChI is InChI=1S/C13H13BrN2O4/c1-19-12(17)7-16(8-13(18)20-2)10-4-3-9(6-15)11(14)5-10/h3-5H,7-8H2,1-2H3. The summed E-state index contributed by atoms with van der Waals surface area (Å²) in [7, 11) is 2.54. The molecule has 1 aromatic rings. The fourth-order valence-electron chi connectivity index (χ4n) is 1.47. The number of anilines is 1. The minimum absolute atomic E-state index is 0.0933. The lowest BCUT2D eigenvalue weighted by atomic mass is 10.2. The Kier molecular flexibility index (Phi) is 6.00. The third-order valence-corrected chi connectivity index (χ3v) is 3.19. The predicted octanol–water partition coefficient (Wildman–Crippen LogP) is 1.47. The number of hydrogen-bond donors (Lipinski definition) is 0. The second-order valence-corrected chi connectivity index (χ2v) is 4.64. The molecule has 0 spiro atoms. The van der Waals surface area contributed by atoms with Gasteiger partial charge in [0.2, 0.25) is 0 Å². The van der Waals surface area contributed by atoms with Gasteiger partial charge in [-0.05, 0) is 34.1 Å². The number of hydrogen-bond acceptors (Lipinski definition) is 6. The summed E-state index contributed by atoms with van der Waals surface area (Å²) in [6, 6.07) is 6.92. The predicted molar refractivity (Wildman–Crippen MR) is 75.1 cm³/mol. The average molecular weight is 341 g/mol. The Morgan fingerprint density at radius 3 is 2.20 bits per heavy atom. The average Bonchev–Trinajstić information content (AvgIpc) is 2.45. The highest BCUT2D eigenvalue weighted by Gasteiger charge is 2.17. The maximum Gasteiger partial charge on any atom is 0.325 e. The summed E-state index contributed by atoms with van der Waals surface area (Å²) in [5.74, 6) is -0.955. The highest BCUT2D eigenvalue weighted by atomic mass is 79.9. The van der Waals surface area contributed by atoms with E-state index >= 15 is 0 Å². The second-order valence-electron chi connectivity index (χ2n) is 3.78. The van der Waals surface area contributed by atoms with Gasteiger partial charge in [0, 0.05) is 10.2 Å². The number of rotatable bonds is 5. The molecular formula is C13H13BrN2O4. The lowest BCUT2D eigenvalue weighted by Gasteiger charge is -2.22. The number of carbonyl (C=O) groups excluding carboxylic acids is 2. The monoisotopic (exact) mass is 340 g/mol. The maximum absolute atomic E-state index is 11.4. The van der Waals surface area contributed by atoms with Crippen LogP contribution in [0.3, 0.4) is 0 Å².